The number of allylic oxidation sites excluding steroid dienone is 13. The van der Waals surface area contributed by atoms with Gasteiger partial charge < -0.3 is 14.2 Å². The van der Waals surface area contributed by atoms with Gasteiger partial charge in [0.05, 0.1) is 13.0 Å². The van der Waals surface area contributed by atoms with Gasteiger partial charge in [-0.2, -0.15) is 0 Å². The van der Waals surface area contributed by atoms with E-state index in [0.717, 1.165) is 64.2 Å². The maximum atomic E-state index is 12.7. The zero-order valence-electron chi connectivity index (χ0n) is 39.5. The molecule has 0 aliphatic carbocycles. The van der Waals surface area contributed by atoms with Crippen LogP contribution in [0.3, 0.4) is 0 Å². The fourth-order valence-electron chi connectivity index (χ4n) is 6.68. The van der Waals surface area contributed by atoms with E-state index in [9.17, 15) is 9.59 Å². The Balaban J connectivity index is 4.38. The maximum Gasteiger partial charge on any atom is 0.310 e. The number of hydrogen-bond acceptors (Lipinski definition) is 5. The molecule has 0 amide bonds. The second kappa shape index (κ2) is 50.4. The summed E-state index contributed by atoms with van der Waals surface area (Å²) in [6, 6.07) is 0. The number of esters is 2. The molecule has 0 aromatic carbocycles. The summed E-state index contributed by atoms with van der Waals surface area (Å²) in [4.78, 5) is 25.3. The molecule has 0 heterocycles. The Bertz CT molecular complexity index is 1130. The van der Waals surface area contributed by atoms with Gasteiger partial charge in [-0.15, -0.1) is 0 Å². The van der Waals surface area contributed by atoms with Gasteiger partial charge in [0.2, 0.25) is 0 Å². The van der Waals surface area contributed by atoms with Gasteiger partial charge in [-0.1, -0.05) is 209 Å². The predicted molar refractivity (Wildman–Crippen MR) is 260 cm³/mol. The lowest BCUT2D eigenvalue weighted by Crippen LogP contribution is -2.29. The van der Waals surface area contributed by atoms with E-state index in [0.29, 0.717) is 13.0 Å². The van der Waals surface area contributed by atoms with Gasteiger partial charge in [0.15, 0.2) is 6.10 Å². The lowest BCUT2D eigenvalue weighted by Gasteiger charge is -2.18. The topological polar surface area (TPSA) is 61.8 Å². The molecule has 0 radical (unpaired) electrons. The van der Waals surface area contributed by atoms with Crippen molar-refractivity contribution in [3.05, 3.63) is 85.1 Å². The first kappa shape index (κ1) is 57.1. The quantitative estimate of drug-likeness (QED) is 0.0347. The molecule has 0 aliphatic rings. The zero-order chi connectivity index (χ0) is 43.5. The molecule has 0 fully saturated rings. The van der Waals surface area contributed by atoms with Gasteiger partial charge in [-0.25, -0.2) is 0 Å². The van der Waals surface area contributed by atoms with Crippen LogP contribution in [0.2, 0.25) is 0 Å². The number of ether oxygens (including phenoxy) is 3. The third-order valence-corrected chi connectivity index (χ3v) is 10.4. The van der Waals surface area contributed by atoms with E-state index >= 15 is 0 Å². The van der Waals surface area contributed by atoms with Crippen LogP contribution >= 0.6 is 0 Å². The Morgan fingerprint density at radius 3 is 1.32 bits per heavy atom. The molecule has 0 rings (SSSR count). The Labute approximate surface area is 371 Å². The molecule has 0 aromatic heterocycles. The first-order valence-electron chi connectivity index (χ1n) is 25.1. The fourth-order valence-corrected chi connectivity index (χ4v) is 6.68. The van der Waals surface area contributed by atoms with Gasteiger partial charge >= 0.3 is 11.9 Å². The second-order valence-corrected chi connectivity index (χ2v) is 16.3. The number of carbonyl (C=O) groups excluding carboxylic acids is 2. The van der Waals surface area contributed by atoms with Crippen molar-refractivity contribution in [3.63, 3.8) is 0 Å². The smallest absolute Gasteiger partial charge is 0.310 e. The van der Waals surface area contributed by atoms with Crippen molar-refractivity contribution in [3.8, 4) is 0 Å². The molecule has 0 aromatic rings. The lowest BCUT2D eigenvalue weighted by molar-refractivity contribution is -0.162. The standard InChI is InChI=1S/C55H94O5/c1-4-7-10-13-16-19-22-25-27-28-30-31-33-36-39-42-45-48-54(56)59-52-53(51-58-50-47-44-41-38-35-24-21-18-15-12-9-6-3)60-55(57)49-46-43-40-37-34-32-29-26-23-20-17-14-11-8-5-2/h8,11,15,17-18,20,25-27,29,34,37,43,46,53H,4-7,9-10,12-14,16,19,21-24,28,30-33,35-36,38-42,44-45,47-52H2,1-3H3/b11-8-,18-15-,20-17-,27-25-,29-26-,37-34-,46-43-. The molecule has 5 heteroatoms. The van der Waals surface area contributed by atoms with Crippen LogP contribution in [0.4, 0.5) is 0 Å². The van der Waals surface area contributed by atoms with E-state index in [1.807, 2.05) is 12.2 Å². The van der Waals surface area contributed by atoms with Crippen molar-refractivity contribution in [2.24, 2.45) is 0 Å². The van der Waals surface area contributed by atoms with Crippen molar-refractivity contribution in [2.75, 3.05) is 19.8 Å². The monoisotopic (exact) mass is 835 g/mol. The minimum Gasteiger partial charge on any atom is -0.462 e. The van der Waals surface area contributed by atoms with Gasteiger partial charge in [0.25, 0.3) is 0 Å². The Morgan fingerprint density at radius 1 is 0.400 bits per heavy atom. The van der Waals surface area contributed by atoms with Crippen LogP contribution in [0.5, 0.6) is 0 Å². The Hall–Kier alpha value is -2.92. The lowest BCUT2D eigenvalue weighted by atomic mass is 10.1. The summed E-state index contributed by atoms with van der Waals surface area (Å²) in [5, 5.41) is 0. The minimum absolute atomic E-state index is 0.0382. The molecular weight excluding hydrogens is 741 g/mol. The first-order chi connectivity index (χ1) is 29.6. The van der Waals surface area contributed by atoms with Crippen LogP contribution in [0.15, 0.2) is 85.1 Å². The summed E-state index contributed by atoms with van der Waals surface area (Å²) < 4.78 is 17.3. The van der Waals surface area contributed by atoms with E-state index in [2.05, 4.69) is 93.7 Å². The summed E-state index contributed by atoms with van der Waals surface area (Å²) in [5.74, 6) is -0.552. The molecule has 0 bridgehead atoms. The molecular formula is C55H94O5. The van der Waals surface area contributed by atoms with Crippen molar-refractivity contribution in [1.29, 1.82) is 0 Å². The van der Waals surface area contributed by atoms with Crippen molar-refractivity contribution in [1.82, 2.24) is 0 Å². The molecule has 0 aliphatic heterocycles. The SMILES string of the molecule is CC/C=C\C/C=C\C/C=C\C/C=C\C/C=C\CC(=O)OC(COCCCCCCCC/C=C\CCCC)COC(=O)CCCCCCCCC/C=C\CCCCCCCC. The molecule has 0 spiro atoms. The first-order valence-corrected chi connectivity index (χ1v) is 25.1. The second-order valence-electron chi connectivity index (χ2n) is 16.3. The van der Waals surface area contributed by atoms with Crippen LogP contribution in [0.25, 0.3) is 0 Å². The number of hydrogen-bond donors (Lipinski definition) is 0. The molecule has 0 saturated carbocycles. The third-order valence-electron chi connectivity index (χ3n) is 10.4. The number of carbonyl (C=O) groups is 2. The van der Waals surface area contributed by atoms with Gasteiger partial charge in [-0.05, 0) is 89.9 Å². The summed E-state index contributed by atoms with van der Waals surface area (Å²) in [6.45, 7) is 7.55. The molecule has 344 valence electrons. The molecule has 1 atom stereocenters. The van der Waals surface area contributed by atoms with E-state index in [-0.39, 0.29) is 31.6 Å². The van der Waals surface area contributed by atoms with Crippen LogP contribution < -0.4 is 0 Å². The zero-order valence-corrected chi connectivity index (χ0v) is 39.5. The normalized spacial score (nSPS) is 12.9. The predicted octanol–water partition coefficient (Wildman–Crippen LogP) is 16.9. The summed E-state index contributed by atoms with van der Waals surface area (Å²) in [6.07, 6.45) is 66.1. The summed E-state index contributed by atoms with van der Waals surface area (Å²) >= 11 is 0. The molecule has 60 heavy (non-hydrogen) atoms. The van der Waals surface area contributed by atoms with Crippen LogP contribution in [-0.2, 0) is 23.8 Å². The highest BCUT2D eigenvalue weighted by molar-refractivity contribution is 5.71. The highest BCUT2D eigenvalue weighted by atomic mass is 16.6. The average Bonchev–Trinajstić information content (AvgIpc) is 3.25. The number of unbranched alkanes of at least 4 members (excludes halogenated alkanes) is 21. The van der Waals surface area contributed by atoms with Gasteiger partial charge in [0, 0.05) is 13.0 Å². The van der Waals surface area contributed by atoms with Gasteiger partial charge in [-0.3, -0.25) is 9.59 Å². The average molecular weight is 835 g/mol. The number of rotatable bonds is 45. The van der Waals surface area contributed by atoms with Gasteiger partial charge in [0.1, 0.15) is 6.61 Å². The van der Waals surface area contributed by atoms with Crippen LogP contribution in [0, 0.1) is 0 Å². The van der Waals surface area contributed by atoms with Crippen molar-refractivity contribution in [2.45, 2.75) is 232 Å². The largest absolute Gasteiger partial charge is 0.462 e. The van der Waals surface area contributed by atoms with E-state index in [1.54, 1.807) is 0 Å². The Kier molecular flexibility index (Phi) is 48.0. The minimum atomic E-state index is -0.597. The molecule has 0 saturated heterocycles. The van der Waals surface area contributed by atoms with E-state index < -0.39 is 6.10 Å². The highest BCUT2D eigenvalue weighted by Gasteiger charge is 2.17. The maximum absolute atomic E-state index is 12.7. The molecule has 5 nitrogen and oxygen atoms in total. The molecule has 1 unspecified atom stereocenters. The third kappa shape index (κ3) is 47.8. The van der Waals surface area contributed by atoms with Crippen molar-refractivity contribution >= 4 is 11.9 Å². The fraction of sp³-hybridized carbons (Fsp3) is 0.709. The highest BCUT2D eigenvalue weighted by Crippen LogP contribution is 2.13. The van der Waals surface area contributed by atoms with Crippen LogP contribution in [0.1, 0.15) is 226 Å². The van der Waals surface area contributed by atoms with Crippen LogP contribution in [-0.4, -0.2) is 37.9 Å². The molecule has 0 N–H and O–H groups in total. The van der Waals surface area contributed by atoms with E-state index in [1.165, 1.54) is 128 Å². The van der Waals surface area contributed by atoms with Crippen molar-refractivity contribution < 1.29 is 23.8 Å². The van der Waals surface area contributed by atoms with E-state index in [4.69, 9.17) is 14.2 Å². The summed E-state index contributed by atoms with van der Waals surface area (Å²) in [7, 11) is 0. The Morgan fingerprint density at radius 2 is 0.817 bits per heavy atom. The summed E-state index contributed by atoms with van der Waals surface area (Å²) in [5.41, 5.74) is 0.